The maximum atomic E-state index is 13.3. The van der Waals surface area contributed by atoms with Crippen molar-refractivity contribution in [3.63, 3.8) is 0 Å². The molecule has 1 aliphatic rings. The molecule has 3 rings (SSSR count). The minimum atomic E-state index is -0.648. The molecule has 0 bridgehead atoms. The number of ether oxygens (including phenoxy) is 2. The number of nitrogens with one attached hydrogen (secondary N) is 1. The number of carbonyl (C=O) groups is 2. The lowest BCUT2D eigenvalue weighted by atomic mass is 10.0. The number of nitrogens with zero attached hydrogens (tertiary/aromatic N) is 3. The van der Waals surface area contributed by atoms with Crippen LogP contribution in [0.3, 0.4) is 0 Å². The summed E-state index contributed by atoms with van der Waals surface area (Å²) in [6.45, 7) is 11.7. The average molecular weight is 626 g/mol. The van der Waals surface area contributed by atoms with Gasteiger partial charge in [-0.15, -0.1) is 0 Å². The Balaban J connectivity index is 1.78. The fraction of sp³-hybridized carbons (Fsp3) is 0.538. The van der Waals surface area contributed by atoms with Gasteiger partial charge in [0.2, 0.25) is 0 Å². The molecular formula is C26H36IN5O5. The quantitative estimate of drug-likeness (QED) is 0.341. The van der Waals surface area contributed by atoms with Crippen LogP contribution in [0.15, 0.2) is 35.3 Å². The number of nitrogens with two attached hydrogens (primary N) is 1. The third-order valence-corrected chi connectivity index (χ3v) is 6.50. The Morgan fingerprint density at radius 2 is 1.70 bits per heavy atom. The molecule has 3 N–H and O–H groups in total. The molecule has 37 heavy (non-hydrogen) atoms. The van der Waals surface area contributed by atoms with Gasteiger partial charge in [-0.1, -0.05) is 12.1 Å². The molecule has 202 valence electrons. The molecule has 0 atom stereocenters. The lowest BCUT2D eigenvalue weighted by molar-refractivity contribution is 0.0119. The summed E-state index contributed by atoms with van der Waals surface area (Å²) in [4.78, 5) is 43.2. The highest BCUT2D eigenvalue weighted by Gasteiger charge is 2.52. The minimum Gasteiger partial charge on any atom is -0.444 e. The van der Waals surface area contributed by atoms with E-state index >= 15 is 0 Å². The highest BCUT2D eigenvalue weighted by molar-refractivity contribution is 14.1. The molecule has 0 unspecified atom stereocenters. The molecule has 2 aromatic rings. The van der Waals surface area contributed by atoms with Gasteiger partial charge < -0.3 is 20.5 Å². The molecule has 1 fully saturated rings. The van der Waals surface area contributed by atoms with Crippen molar-refractivity contribution in [2.45, 2.75) is 77.5 Å². The van der Waals surface area contributed by atoms with Crippen molar-refractivity contribution in [1.82, 2.24) is 19.8 Å². The Hall–Kier alpha value is -2.83. The molecule has 1 heterocycles. The molecule has 1 aliphatic carbocycles. The summed E-state index contributed by atoms with van der Waals surface area (Å²) >= 11 is 2.04. The molecule has 2 amide bonds. The molecule has 1 saturated carbocycles. The second-order valence-electron chi connectivity index (χ2n) is 11.1. The van der Waals surface area contributed by atoms with Crippen molar-refractivity contribution < 1.29 is 19.1 Å². The van der Waals surface area contributed by atoms with E-state index in [0.717, 1.165) is 18.4 Å². The van der Waals surface area contributed by atoms with E-state index < -0.39 is 34.6 Å². The zero-order chi connectivity index (χ0) is 27.6. The van der Waals surface area contributed by atoms with Crippen LogP contribution in [0.25, 0.3) is 5.69 Å². The summed E-state index contributed by atoms with van der Waals surface area (Å²) in [7, 11) is 0. The monoisotopic (exact) mass is 625 g/mol. The van der Waals surface area contributed by atoms with Crippen molar-refractivity contribution >= 4 is 40.6 Å². The summed E-state index contributed by atoms with van der Waals surface area (Å²) < 4.78 is 13.1. The maximum Gasteiger partial charge on any atom is 0.411 e. The van der Waals surface area contributed by atoms with Crippen LogP contribution in [0, 0.1) is 3.57 Å². The summed E-state index contributed by atoms with van der Waals surface area (Å²) in [6, 6.07) is 7.52. The molecular weight excluding hydrogens is 589 g/mol. The zero-order valence-corrected chi connectivity index (χ0v) is 24.4. The van der Waals surface area contributed by atoms with E-state index in [0.29, 0.717) is 28.8 Å². The SMILES string of the molecule is CC(C)(C)OC(=O)NCCCN(C(=O)OC(C)(C)C)C1(c2ccc(-n3cc(I)c(N)nc3=O)cc2)CC1. The van der Waals surface area contributed by atoms with Crippen LogP contribution in [-0.4, -0.2) is 50.9 Å². The Kier molecular flexibility index (Phi) is 8.45. The number of hydrogen-bond acceptors (Lipinski definition) is 7. The average Bonchev–Trinajstić information content (AvgIpc) is 3.55. The number of amides is 2. The number of rotatable bonds is 7. The maximum absolute atomic E-state index is 13.3. The number of nitrogen functional groups attached to an aromatic ring is 1. The molecule has 1 aromatic heterocycles. The fourth-order valence-electron chi connectivity index (χ4n) is 3.93. The highest BCUT2D eigenvalue weighted by atomic mass is 127. The first kappa shape index (κ1) is 28.7. The highest BCUT2D eigenvalue weighted by Crippen LogP contribution is 2.51. The van der Waals surface area contributed by atoms with Gasteiger partial charge in [-0.05, 0) is 101 Å². The molecule has 11 heteroatoms. The number of alkyl carbamates (subject to hydrolysis) is 1. The van der Waals surface area contributed by atoms with E-state index in [9.17, 15) is 14.4 Å². The van der Waals surface area contributed by atoms with Gasteiger partial charge in [-0.25, -0.2) is 14.4 Å². The third kappa shape index (κ3) is 7.59. The van der Waals surface area contributed by atoms with Crippen LogP contribution in [0.2, 0.25) is 0 Å². The van der Waals surface area contributed by atoms with Crippen LogP contribution in [0.1, 0.15) is 66.4 Å². The van der Waals surface area contributed by atoms with E-state index in [1.165, 1.54) is 4.57 Å². The number of hydrogen-bond donors (Lipinski definition) is 2. The van der Waals surface area contributed by atoms with Gasteiger partial charge in [0.05, 0.1) is 14.8 Å². The Morgan fingerprint density at radius 3 is 2.24 bits per heavy atom. The first-order chi connectivity index (χ1) is 17.1. The van der Waals surface area contributed by atoms with E-state index in [1.54, 1.807) is 31.9 Å². The Morgan fingerprint density at radius 1 is 1.11 bits per heavy atom. The predicted octanol–water partition coefficient (Wildman–Crippen LogP) is 4.56. The predicted molar refractivity (Wildman–Crippen MR) is 150 cm³/mol. The summed E-state index contributed by atoms with van der Waals surface area (Å²) in [5.74, 6) is 0.199. The van der Waals surface area contributed by atoms with E-state index in [4.69, 9.17) is 15.2 Å². The first-order valence-electron chi connectivity index (χ1n) is 12.2. The fourth-order valence-corrected chi connectivity index (χ4v) is 4.33. The van der Waals surface area contributed by atoms with Crippen molar-refractivity contribution in [3.05, 3.63) is 50.1 Å². The van der Waals surface area contributed by atoms with Gasteiger partial charge in [-0.2, -0.15) is 4.98 Å². The van der Waals surface area contributed by atoms with Gasteiger partial charge in [-0.3, -0.25) is 9.47 Å². The lowest BCUT2D eigenvalue weighted by Crippen LogP contribution is -2.45. The van der Waals surface area contributed by atoms with Gasteiger partial charge in [0.1, 0.15) is 17.0 Å². The van der Waals surface area contributed by atoms with Crippen LogP contribution < -0.4 is 16.7 Å². The Bertz CT molecular complexity index is 1190. The summed E-state index contributed by atoms with van der Waals surface area (Å²) in [5.41, 5.74) is 5.15. The molecule has 10 nitrogen and oxygen atoms in total. The third-order valence-electron chi connectivity index (χ3n) is 5.67. The van der Waals surface area contributed by atoms with Crippen LogP contribution in [0.4, 0.5) is 15.4 Å². The van der Waals surface area contributed by atoms with Gasteiger partial charge >= 0.3 is 17.9 Å². The minimum absolute atomic E-state index is 0.199. The van der Waals surface area contributed by atoms with Crippen LogP contribution in [-0.2, 0) is 15.0 Å². The topological polar surface area (TPSA) is 129 Å². The second kappa shape index (κ2) is 10.9. The number of anilines is 1. The van der Waals surface area contributed by atoms with Gasteiger partial charge in [0.15, 0.2) is 0 Å². The first-order valence-corrected chi connectivity index (χ1v) is 13.3. The lowest BCUT2D eigenvalue weighted by Gasteiger charge is -2.34. The van der Waals surface area contributed by atoms with Crippen LogP contribution in [0.5, 0.6) is 0 Å². The Labute approximate surface area is 231 Å². The van der Waals surface area contributed by atoms with Crippen molar-refractivity contribution in [2.75, 3.05) is 18.8 Å². The van der Waals surface area contributed by atoms with Crippen molar-refractivity contribution in [2.24, 2.45) is 0 Å². The molecule has 0 spiro atoms. The molecule has 0 aliphatic heterocycles. The molecule has 0 radical (unpaired) electrons. The number of halogens is 1. The summed E-state index contributed by atoms with van der Waals surface area (Å²) in [6.07, 6.45) is 2.86. The van der Waals surface area contributed by atoms with Crippen LogP contribution >= 0.6 is 22.6 Å². The molecule has 1 aromatic carbocycles. The largest absolute Gasteiger partial charge is 0.444 e. The smallest absolute Gasteiger partial charge is 0.411 e. The van der Waals surface area contributed by atoms with Gasteiger partial charge in [0, 0.05) is 19.3 Å². The van der Waals surface area contributed by atoms with Crippen molar-refractivity contribution in [3.8, 4) is 5.69 Å². The van der Waals surface area contributed by atoms with Gasteiger partial charge in [0.25, 0.3) is 0 Å². The summed E-state index contributed by atoms with van der Waals surface area (Å²) in [5, 5.41) is 2.75. The molecule has 0 saturated heterocycles. The van der Waals surface area contributed by atoms with E-state index in [1.807, 2.05) is 67.6 Å². The van der Waals surface area contributed by atoms with E-state index in [-0.39, 0.29) is 5.82 Å². The van der Waals surface area contributed by atoms with Crippen molar-refractivity contribution in [1.29, 1.82) is 0 Å². The number of benzene rings is 1. The normalized spacial score (nSPS) is 14.6. The standard InChI is InChI=1S/C26H36IN5O5/c1-24(2,3)36-22(34)29-14-7-15-32(23(35)37-25(4,5)6)26(12-13-26)17-8-10-18(11-9-17)31-16-19(27)20(28)30-21(31)33/h8-11,16H,7,12-15H2,1-6H3,(H,29,34)(H2,28,30,33). The number of carbonyl (C=O) groups excluding carboxylic acids is 2. The van der Waals surface area contributed by atoms with E-state index in [2.05, 4.69) is 10.3 Å². The zero-order valence-electron chi connectivity index (χ0n) is 22.3. The second-order valence-corrected chi connectivity index (χ2v) is 12.3. The number of aromatic nitrogens is 2.